The first kappa shape index (κ1) is 15.0. The van der Waals surface area contributed by atoms with Crippen molar-refractivity contribution in [1.82, 2.24) is 14.9 Å². The molecule has 3 aromatic rings. The number of nitrogens with one attached hydrogen (secondary N) is 1. The Labute approximate surface area is 140 Å². The first-order chi connectivity index (χ1) is 11.8. The molecule has 5 heteroatoms. The van der Waals surface area contributed by atoms with Crippen LogP contribution in [0, 0.1) is 5.82 Å². The molecule has 1 saturated heterocycles. The van der Waals surface area contributed by atoms with Crippen LogP contribution in [0.1, 0.15) is 18.4 Å². The maximum absolute atomic E-state index is 13.2. The summed E-state index contributed by atoms with van der Waals surface area (Å²) in [6.07, 6.45) is 6.08. The molecule has 1 aromatic carbocycles. The quantitative estimate of drug-likeness (QED) is 0.785. The fourth-order valence-electron chi connectivity index (χ4n) is 3.15. The van der Waals surface area contributed by atoms with Crippen molar-refractivity contribution in [3.63, 3.8) is 0 Å². The lowest BCUT2D eigenvalue weighted by Crippen LogP contribution is -2.18. The van der Waals surface area contributed by atoms with Gasteiger partial charge in [0.25, 0.3) is 0 Å². The Bertz CT molecular complexity index is 859. The minimum atomic E-state index is -0.249. The van der Waals surface area contributed by atoms with Gasteiger partial charge in [0.2, 0.25) is 0 Å². The molecule has 1 fully saturated rings. The normalized spacial score (nSPS) is 15.0. The van der Waals surface area contributed by atoms with Crippen LogP contribution in [0.3, 0.4) is 0 Å². The highest BCUT2D eigenvalue weighted by atomic mass is 19.1. The Morgan fingerprint density at radius 2 is 1.79 bits per heavy atom. The van der Waals surface area contributed by atoms with Crippen LogP contribution in [-0.2, 0) is 6.54 Å². The molecular formula is C19H19FN4. The number of benzene rings is 1. The maximum Gasteiger partial charge on any atom is 0.132 e. The van der Waals surface area contributed by atoms with E-state index in [1.165, 1.54) is 43.6 Å². The molecule has 0 radical (unpaired) electrons. The third-order valence-electron chi connectivity index (χ3n) is 4.37. The number of fused-ring (bicyclic) bond motifs is 1. The SMILES string of the molecule is Fc1ccc2cc(Nc3cc(CN4CCCC4)ccn3)ncc2c1. The van der Waals surface area contributed by atoms with Crippen LogP contribution in [0.5, 0.6) is 0 Å². The summed E-state index contributed by atoms with van der Waals surface area (Å²) in [7, 11) is 0. The minimum Gasteiger partial charge on any atom is -0.325 e. The molecule has 122 valence electrons. The Morgan fingerprint density at radius 1 is 0.958 bits per heavy atom. The fraction of sp³-hybridized carbons (Fsp3) is 0.263. The first-order valence-electron chi connectivity index (χ1n) is 8.26. The average molecular weight is 322 g/mol. The van der Waals surface area contributed by atoms with E-state index in [-0.39, 0.29) is 5.82 Å². The van der Waals surface area contributed by atoms with Gasteiger partial charge in [-0.1, -0.05) is 6.07 Å². The summed E-state index contributed by atoms with van der Waals surface area (Å²) in [6, 6.07) is 10.7. The topological polar surface area (TPSA) is 41.0 Å². The number of likely N-dealkylation sites (tertiary alicyclic amines) is 1. The number of anilines is 2. The second kappa shape index (κ2) is 6.53. The summed E-state index contributed by atoms with van der Waals surface area (Å²) in [4.78, 5) is 11.2. The predicted molar refractivity (Wildman–Crippen MR) is 93.7 cm³/mol. The van der Waals surface area contributed by atoms with Gasteiger partial charge in [-0.25, -0.2) is 14.4 Å². The highest BCUT2D eigenvalue weighted by Gasteiger charge is 2.12. The smallest absolute Gasteiger partial charge is 0.132 e. The number of rotatable bonds is 4. The molecule has 0 saturated carbocycles. The van der Waals surface area contributed by atoms with Gasteiger partial charge in [-0.3, -0.25) is 4.90 Å². The Morgan fingerprint density at radius 3 is 2.67 bits per heavy atom. The molecule has 0 atom stereocenters. The first-order valence-corrected chi connectivity index (χ1v) is 8.26. The van der Waals surface area contributed by atoms with Crippen LogP contribution in [0.2, 0.25) is 0 Å². The van der Waals surface area contributed by atoms with Gasteiger partial charge < -0.3 is 5.32 Å². The second-order valence-electron chi connectivity index (χ2n) is 6.22. The van der Waals surface area contributed by atoms with Crippen molar-refractivity contribution in [3.8, 4) is 0 Å². The van der Waals surface area contributed by atoms with Gasteiger partial charge >= 0.3 is 0 Å². The zero-order valence-electron chi connectivity index (χ0n) is 13.4. The summed E-state index contributed by atoms with van der Waals surface area (Å²) < 4.78 is 13.2. The molecule has 0 bridgehead atoms. The standard InChI is InChI=1S/C19H19FN4/c20-17-4-3-15-11-19(22-12-16(15)10-17)23-18-9-14(5-6-21-18)13-24-7-1-2-8-24/h3-6,9-12H,1-2,7-8,13H2,(H,21,22,23). The molecule has 2 aromatic heterocycles. The third-order valence-corrected chi connectivity index (χ3v) is 4.37. The number of hydrogen-bond donors (Lipinski definition) is 1. The van der Waals surface area contributed by atoms with Gasteiger partial charge in [-0.15, -0.1) is 0 Å². The summed E-state index contributed by atoms with van der Waals surface area (Å²) >= 11 is 0. The van der Waals surface area contributed by atoms with Crippen molar-refractivity contribution in [2.24, 2.45) is 0 Å². The van der Waals surface area contributed by atoms with Gasteiger partial charge in [0.1, 0.15) is 17.5 Å². The van der Waals surface area contributed by atoms with Gasteiger partial charge in [0.15, 0.2) is 0 Å². The summed E-state index contributed by atoms with van der Waals surface area (Å²) in [5, 5.41) is 4.98. The van der Waals surface area contributed by atoms with Crippen molar-refractivity contribution in [2.45, 2.75) is 19.4 Å². The van der Waals surface area contributed by atoms with Crippen molar-refractivity contribution in [3.05, 3.63) is 60.2 Å². The molecule has 0 amide bonds. The van der Waals surface area contributed by atoms with Gasteiger partial charge in [0, 0.05) is 24.3 Å². The zero-order chi connectivity index (χ0) is 16.4. The van der Waals surface area contributed by atoms with Crippen molar-refractivity contribution < 1.29 is 4.39 Å². The van der Waals surface area contributed by atoms with E-state index in [0.29, 0.717) is 5.82 Å². The molecule has 3 heterocycles. The molecule has 1 aliphatic heterocycles. The van der Waals surface area contributed by atoms with Crippen LogP contribution in [0.15, 0.2) is 48.8 Å². The fourth-order valence-corrected chi connectivity index (χ4v) is 3.15. The molecule has 1 N–H and O–H groups in total. The Hall–Kier alpha value is -2.53. The third kappa shape index (κ3) is 3.36. The Kier molecular flexibility index (Phi) is 4.09. The monoisotopic (exact) mass is 322 g/mol. The summed E-state index contributed by atoms with van der Waals surface area (Å²) in [6.45, 7) is 3.31. The zero-order valence-corrected chi connectivity index (χ0v) is 13.4. The van der Waals surface area contributed by atoms with Crippen LogP contribution in [0.25, 0.3) is 10.8 Å². The summed E-state index contributed by atoms with van der Waals surface area (Å²) in [5.41, 5.74) is 1.25. The number of pyridine rings is 2. The van der Waals surface area contributed by atoms with Crippen LogP contribution in [-0.4, -0.2) is 28.0 Å². The van der Waals surface area contributed by atoms with E-state index >= 15 is 0 Å². The van der Waals surface area contributed by atoms with E-state index in [2.05, 4.69) is 32.3 Å². The lowest BCUT2D eigenvalue weighted by Gasteiger charge is -2.15. The molecule has 0 aliphatic carbocycles. The Balaban J connectivity index is 1.53. The molecule has 4 nitrogen and oxygen atoms in total. The lowest BCUT2D eigenvalue weighted by molar-refractivity contribution is 0.331. The van der Waals surface area contributed by atoms with Crippen LogP contribution >= 0.6 is 0 Å². The van der Waals surface area contributed by atoms with Crippen molar-refractivity contribution in [2.75, 3.05) is 18.4 Å². The molecule has 1 aliphatic rings. The largest absolute Gasteiger partial charge is 0.325 e. The van der Waals surface area contributed by atoms with Crippen molar-refractivity contribution >= 4 is 22.4 Å². The molecule has 4 rings (SSSR count). The predicted octanol–water partition coefficient (Wildman–Crippen LogP) is 4.11. The van der Waals surface area contributed by atoms with Gasteiger partial charge in [-0.2, -0.15) is 0 Å². The second-order valence-corrected chi connectivity index (χ2v) is 6.22. The maximum atomic E-state index is 13.2. The summed E-state index contributed by atoms with van der Waals surface area (Å²) in [5.74, 6) is 1.24. The highest BCUT2D eigenvalue weighted by Crippen LogP contribution is 2.21. The highest BCUT2D eigenvalue weighted by molar-refractivity contribution is 5.84. The van der Waals surface area contributed by atoms with E-state index < -0.39 is 0 Å². The number of hydrogen-bond acceptors (Lipinski definition) is 4. The number of nitrogens with zero attached hydrogens (tertiary/aromatic N) is 3. The molecule has 0 unspecified atom stereocenters. The molecule has 0 spiro atoms. The van der Waals surface area contributed by atoms with E-state index in [9.17, 15) is 4.39 Å². The van der Waals surface area contributed by atoms with E-state index in [0.717, 1.165) is 23.1 Å². The van der Waals surface area contributed by atoms with Crippen molar-refractivity contribution in [1.29, 1.82) is 0 Å². The average Bonchev–Trinajstić information content (AvgIpc) is 3.08. The minimum absolute atomic E-state index is 0.249. The van der Waals surface area contributed by atoms with E-state index in [4.69, 9.17) is 0 Å². The lowest BCUT2D eigenvalue weighted by atomic mass is 10.2. The van der Waals surface area contributed by atoms with Crippen LogP contribution in [0.4, 0.5) is 16.0 Å². The van der Waals surface area contributed by atoms with E-state index in [1.807, 2.05) is 12.3 Å². The van der Waals surface area contributed by atoms with E-state index in [1.54, 1.807) is 12.3 Å². The molecular weight excluding hydrogens is 303 g/mol. The number of halogens is 1. The number of aromatic nitrogens is 2. The van der Waals surface area contributed by atoms with Gasteiger partial charge in [-0.05, 0) is 67.2 Å². The molecule has 24 heavy (non-hydrogen) atoms. The van der Waals surface area contributed by atoms with Crippen LogP contribution < -0.4 is 5.32 Å². The van der Waals surface area contributed by atoms with Gasteiger partial charge in [0.05, 0.1) is 0 Å².